The van der Waals surface area contributed by atoms with Gasteiger partial charge in [-0.25, -0.2) is 9.37 Å². The Labute approximate surface area is 116 Å². The number of methoxy groups -OCH3 is 2. The first kappa shape index (κ1) is 14.2. The number of nitrogens with zero attached hydrogens (tertiary/aromatic N) is 2. The Bertz CT molecular complexity index is 575. The van der Waals surface area contributed by atoms with E-state index in [1.54, 1.807) is 12.1 Å². The van der Waals surface area contributed by atoms with Crippen molar-refractivity contribution in [2.75, 3.05) is 14.2 Å². The average Bonchev–Trinajstić information content (AvgIpc) is 2.48. The van der Waals surface area contributed by atoms with Gasteiger partial charge in [0.15, 0.2) is 0 Å². The Kier molecular flexibility index (Phi) is 4.47. The van der Waals surface area contributed by atoms with Crippen molar-refractivity contribution in [3.63, 3.8) is 0 Å². The third-order valence-corrected chi connectivity index (χ3v) is 2.81. The van der Waals surface area contributed by atoms with E-state index >= 15 is 0 Å². The van der Waals surface area contributed by atoms with Crippen LogP contribution < -0.4 is 9.47 Å². The van der Waals surface area contributed by atoms with E-state index in [0.717, 1.165) is 5.56 Å². The molecule has 0 saturated carbocycles. The van der Waals surface area contributed by atoms with Crippen molar-refractivity contribution in [3.8, 4) is 11.8 Å². The van der Waals surface area contributed by atoms with Gasteiger partial charge in [0.2, 0.25) is 11.8 Å². The molecule has 106 valence electrons. The van der Waals surface area contributed by atoms with Crippen molar-refractivity contribution in [3.05, 3.63) is 47.5 Å². The van der Waals surface area contributed by atoms with Gasteiger partial charge < -0.3 is 14.6 Å². The lowest BCUT2D eigenvalue weighted by atomic mass is 10.1. The van der Waals surface area contributed by atoms with Crippen molar-refractivity contribution in [1.82, 2.24) is 9.97 Å². The minimum Gasteiger partial charge on any atom is -0.480 e. The zero-order valence-corrected chi connectivity index (χ0v) is 11.2. The summed E-state index contributed by atoms with van der Waals surface area (Å²) < 4.78 is 22.9. The molecule has 1 heterocycles. The molecule has 0 aliphatic carbocycles. The largest absolute Gasteiger partial charge is 0.480 e. The standard InChI is InChI=1S/C14H15FN2O3/c1-19-12-8-16-13(14(17-12)20-2)11(18)7-9-3-5-10(15)6-4-9/h3-6,8,11,18H,7H2,1-2H3. The molecule has 6 heteroatoms. The Balaban J connectivity index is 2.20. The lowest BCUT2D eigenvalue weighted by Gasteiger charge is -2.13. The second kappa shape index (κ2) is 6.29. The molecule has 1 N–H and O–H groups in total. The number of aromatic nitrogens is 2. The molecule has 1 aromatic heterocycles. The minimum atomic E-state index is -0.895. The van der Waals surface area contributed by atoms with E-state index in [4.69, 9.17) is 9.47 Å². The Morgan fingerprint density at radius 2 is 1.90 bits per heavy atom. The molecule has 2 rings (SSSR count). The van der Waals surface area contributed by atoms with E-state index in [0.29, 0.717) is 11.6 Å². The Morgan fingerprint density at radius 1 is 1.20 bits per heavy atom. The summed E-state index contributed by atoms with van der Waals surface area (Å²) >= 11 is 0. The molecule has 2 aromatic rings. The van der Waals surface area contributed by atoms with Gasteiger partial charge in [0.1, 0.15) is 17.6 Å². The summed E-state index contributed by atoms with van der Waals surface area (Å²) in [7, 11) is 2.91. The SMILES string of the molecule is COc1cnc(C(O)Cc2ccc(F)cc2)c(OC)n1. The predicted molar refractivity (Wildman–Crippen MR) is 70.2 cm³/mol. The summed E-state index contributed by atoms with van der Waals surface area (Å²) in [5, 5.41) is 10.2. The molecular formula is C14H15FN2O3. The summed E-state index contributed by atoms with van der Waals surface area (Å²) in [5.41, 5.74) is 1.11. The number of aliphatic hydroxyl groups is 1. The number of rotatable bonds is 5. The lowest BCUT2D eigenvalue weighted by Crippen LogP contribution is -2.08. The smallest absolute Gasteiger partial charge is 0.241 e. The molecule has 20 heavy (non-hydrogen) atoms. The number of ether oxygens (including phenoxy) is 2. The number of aliphatic hydroxyl groups excluding tert-OH is 1. The molecular weight excluding hydrogens is 263 g/mol. The maximum atomic E-state index is 12.8. The van der Waals surface area contributed by atoms with Crippen LogP contribution in [0.3, 0.4) is 0 Å². The van der Waals surface area contributed by atoms with E-state index in [1.807, 2.05) is 0 Å². The van der Waals surface area contributed by atoms with Gasteiger partial charge in [-0.05, 0) is 17.7 Å². The van der Waals surface area contributed by atoms with E-state index in [-0.39, 0.29) is 18.1 Å². The van der Waals surface area contributed by atoms with Crippen LogP contribution in [0.4, 0.5) is 4.39 Å². The summed E-state index contributed by atoms with van der Waals surface area (Å²) in [5.74, 6) is 0.198. The highest BCUT2D eigenvalue weighted by Gasteiger charge is 2.18. The van der Waals surface area contributed by atoms with Crippen molar-refractivity contribution in [2.45, 2.75) is 12.5 Å². The molecule has 0 bridgehead atoms. The molecule has 1 unspecified atom stereocenters. The van der Waals surface area contributed by atoms with Gasteiger partial charge in [0.05, 0.1) is 20.4 Å². The Hall–Kier alpha value is -2.21. The summed E-state index contributed by atoms with van der Waals surface area (Å²) in [6.45, 7) is 0. The minimum absolute atomic E-state index is 0.207. The fourth-order valence-electron chi connectivity index (χ4n) is 1.78. The monoisotopic (exact) mass is 278 g/mol. The highest BCUT2D eigenvalue weighted by molar-refractivity contribution is 5.27. The van der Waals surface area contributed by atoms with Crippen molar-refractivity contribution in [2.24, 2.45) is 0 Å². The highest BCUT2D eigenvalue weighted by Crippen LogP contribution is 2.25. The average molecular weight is 278 g/mol. The summed E-state index contributed by atoms with van der Waals surface area (Å²) in [6.07, 6.45) is 0.803. The van der Waals surface area contributed by atoms with Gasteiger partial charge in [-0.2, -0.15) is 4.98 Å². The molecule has 0 aliphatic heterocycles. The van der Waals surface area contributed by atoms with E-state index in [1.165, 1.54) is 32.5 Å². The highest BCUT2D eigenvalue weighted by atomic mass is 19.1. The van der Waals surface area contributed by atoms with Gasteiger partial charge in [0.25, 0.3) is 0 Å². The second-order valence-corrected chi connectivity index (χ2v) is 4.15. The van der Waals surface area contributed by atoms with Gasteiger partial charge in [-0.15, -0.1) is 0 Å². The van der Waals surface area contributed by atoms with Crippen molar-refractivity contribution in [1.29, 1.82) is 0 Å². The molecule has 0 spiro atoms. The third-order valence-electron chi connectivity index (χ3n) is 2.81. The quantitative estimate of drug-likeness (QED) is 0.905. The molecule has 0 amide bonds. The van der Waals surface area contributed by atoms with Crippen LogP contribution in [0.25, 0.3) is 0 Å². The number of hydrogen-bond donors (Lipinski definition) is 1. The molecule has 1 atom stereocenters. The van der Waals surface area contributed by atoms with Crippen LogP contribution in [0.15, 0.2) is 30.5 Å². The van der Waals surface area contributed by atoms with Gasteiger partial charge in [-0.1, -0.05) is 12.1 Å². The molecule has 1 aromatic carbocycles. The first-order valence-corrected chi connectivity index (χ1v) is 6.01. The number of benzene rings is 1. The second-order valence-electron chi connectivity index (χ2n) is 4.15. The Morgan fingerprint density at radius 3 is 2.50 bits per heavy atom. The van der Waals surface area contributed by atoms with Crippen molar-refractivity contribution >= 4 is 0 Å². The van der Waals surface area contributed by atoms with Gasteiger partial charge >= 0.3 is 0 Å². The summed E-state index contributed by atoms with van der Waals surface area (Å²) in [4.78, 5) is 8.16. The van der Waals surface area contributed by atoms with Gasteiger partial charge in [0, 0.05) is 6.42 Å². The van der Waals surface area contributed by atoms with E-state index in [9.17, 15) is 9.50 Å². The van der Waals surface area contributed by atoms with E-state index < -0.39 is 6.10 Å². The fraction of sp³-hybridized carbons (Fsp3) is 0.286. The fourth-order valence-corrected chi connectivity index (χ4v) is 1.78. The van der Waals surface area contributed by atoms with Crippen LogP contribution in [0, 0.1) is 5.82 Å². The normalized spacial score (nSPS) is 12.0. The van der Waals surface area contributed by atoms with Crippen LogP contribution >= 0.6 is 0 Å². The maximum absolute atomic E-state index is 12.8. The van der Waals surface area contributed by atoms with Crippen molar-refractivity contribution < 1.29 is 19.0 Å². The van der Waals surface area contributed by atoms with Crippen LogP contribution in [0.2, 0.25) is 0 Å². The summed E-state index contributed by atoms with van der Waals surface area (Å²) in [6, 6.07) is 5.92. The first-order chi connectivity index (χ1) is 9.63. The van der Waals surface area contributed by atoms with Crippen LogP contribution in [-0.4, -0.2) is 29.3 Å². The number of hydrogen-bond acceptors (Lipinski definition) is 5. The van der Waals surface area contributed by atoms with Crippen LogP contribution in [-0.2, 0) is 6.42 Å². The van der Waals surface area contributed by atoms with Gasteiger partial charge in [-0.3, -0.25) is 0 Å². The third kappa shape index (κ3) is 3.21. The molecule has 0 saturated heterocycles. The predicted octanol–water partition coefficient (Wildman–Crippen LogP) is 1.91. The topological polar surface area (TPSA) is 64.5 Å². The van der Waals surface area contributed by atoms with E-state index in [2.05, 4.69) is 9.97 Å². The lowest BCUT2D eigenvalue weighted by molar-refractivity contribution is 0.167. The zero-order valence-electron chi connectivity index (χ0n) is 11.2. The maximum Gasteiger partial charge on any atom is 0.241 e. The van der Waals surface area contributed by atoms with Crippen LogP contribution in [0.1, 0.15) is 17.4 Å². The zero-order chi connectivity index (χ0) is 14.5. The molecule has 0 aliphatic rings. The molecule has 0 radical (unpaired) electrons. The molecule has 0 fully saturated rings. The first-order valence-electron chi connectivity index (χ1n) is 6.01. The number of halogens is 1. The van der Waals surface area contributed by atoms with Crippen LogP contribution in [0.5, 0.6) is 11.8 Å². The molecule has 5 nitrogen and oxygen atoms in total.